The Morgan fingerprint density at radius 2 is 2.06 bits per heavy atom. The molecule has 1 aliphatic rings. The molecule has 0 bridgehead atoms. The Bertz CT molecular complexity index is 443. The normalized spacial score (nSPS) is 22.8. The molecule has 2 heterocycles. The zero-order chi connectivity index (χ0) is 12.8. The lowest BCUT2D eigenvalue weighted by molar-refractivity contribution is -0.141. The van der Waals surface area contributed by atoms with Crippen molar-refractivity contribution < 1.29 is 17.9 Å². The second-order valence-electron chi connectivity index (χ2n) is 4.76. The molecular formula is C11H13F3N2O. The van der Waals surface area contributed by atoms with Crippen molar-refractivity contribution in [2.24, 2.45) is 5.73 Å². The van der Waals surface area contributed by atoms with Gasteiger partial charge in [-0.25, -0.2) is 4.98 Å². The summed E-state index contributed by atoms with van der Waals surface area (Å²) in [4.78, 5) is 3.50. The summed E-state index contributed by atoms with van der Waals surface area (Å²) in [5.74, 6) is -0.0106. The summed E-state index contributed by atoms with van der Waals surface area (Å²) < 4.78 is 42.9. The SMILES string of the molecule is CC1(C)C[C@@H](N)c2ccc(C(F)(F)F)nc2O1. The second-order valence-corrected chi connectivity index (χ2v) is 4.76. The molecule has 17 heavy (non-hydrogen) atoms. The molecule has 0 radical (unpaired) electrons. The van der Waals surface area contributed by atoms with E-state index in [2.05, 4.69) is 4.98 Å². The summed E-state index contributed by atoms with van der Waals surface area (Å²) in [6.45, 7) is 3.55. The van der Waals surface area contributed by atoms with E-state index in [9.17, 15) is 13.2 Å². The summed E-state index contributed by atoms with van der Waals surface area (Å²) in [5.41, 5.74) is 4.85. The summed E-state index contributed by atoms with van der Waals surface area (Å²) in [6.07, 6.45) is -3.92. The third-order valence-corrected chi connectivity index (χ3v) is 2.66. The molecule has 1 aromatic heterocycles. The minimum Gasteiger partial charge on any atom is -0.471 e. The van der Waals surface area contributed by atoms with E-state index in [1.165, 1.54) is 6.07 Å². The first kappa shape index (κ1) is 12.2. The minimum absolute atomic E-state index is 0.0106. The van der Waals surface area contributed by atoms with Crippen molar-refractivity contribution in [3.05, 3.63) is 23.4 Å². The molecule has 94 valence electrons. The van der Waals surface area contributed by atoms with Gasteiger partial charge < -0.3 is 10.5 Å². The standard InChI is InChI=1S/C11H13F3N2O/c1-10(2)5-7(15)6-3-4-8(11(12,13)14)16-9(6)17-10/h3-4,7H,5,15H2,1-2H3/t7-/m1/s1. The molecule has 1 aromatic rings. The van der Waals surface area contributed by atoms with Gasteiger partial charge in [-0.15, -0.1) is 0 Å². The zero-order valence-corrected chi connectivity index (χ0v) is 9.51. The number of ether oxygens (including phenoxy) is 1. The van der Waals surface area contributed by atoms with Crippen molar-refractivity contribution in [2.75, 3.05) is 0 Å². The first-order chi connectivity index (χ1) is 7.69. The van der Waals surface area contributed by atoms with E-state index in [0.29, 0.717) is 12.0 Å². The molecule has 3 nitrogen and oxygen atoms in total. The van der Waals surface area contributed by atoms with Gasteiger partial charge in [0, 0.05) is 18.0 Å². The molecule has 6 heteroatoms. The van der Waals surface area contributed by atoms with Gasteiger partial charge in [-0.05, 0) is 26.0 Å². The highest BCUT2D eigenvalue weighted by molar-refractivity contribution is 5.34. The third-order valence-electron chi connectivity index (χ3n) is 2.66. The number of alkyl halides is 3. The van der Waals surface area contributed by atoms with E-state index in [-0.39, 0.29) is 11.9 Å². The second kappa shape index (κ2) is 3.60. The van der Waals surface area contributed by atoms with Gasteiger partial charge in [0.05, 0.1) is 0 Å². The van der Waals surface area contributed by atoms with Crippen molar-refractivity contribution in [3.63, 3.8) is 0 Å². The number of rotatable bonds is 0. The van der Waals surface area contributed by atoms with Crippen molar-refractivity contribution in [1.29, 1.82) is 0 Å². The predicted molar refractivity (Wildman–Crippen MR) is 55.5 cm³/mol. The minimum atomic E-state index is -4.47. The predicted octanol–water partition coefficient (Wildman–Crippen LogP) is 2.66. The number of aromatic nitrogens is 1. The van der Waals surface area contributed by atoms with Crippen LogP contribution < -0.4 is 10.5 Å². The monoisotopic (exact) mass is 246 g/mol. The van der Waals surface area contributed by atoms with Gasteiger partial charge in [0.1, 0.15) is 11.3 Å². The summed E-state index contributed by atoms with van der Waals surface area (Å²) in [6, 6.07) is 1.93. The highest BCUT2D eigenvalue weighted by atomic mass is 19.4. The molecule has 1 atom stereocenters. The first-order valence-electron chi connectivity index (χ1n) is 5.22. The molecule has 0 fully saturated rings. The fourth-order valence-electron chi connectivity index (χ4n) is 1.92. The van der Waals surface area contributed by atoms with Crippen LogP contribution in [0.3, 0.4) is 0 Å². The number of nitrogens with zero attached hydrogens (tertiary/aromatic N) is 1. The zero-order valence-electron chi connectivity index (χ0n) is 9.51. The number of hydrogen-bond donors (Lipinski definition) is 1. The van der Waals surface area contributed by atoms with E-state index in [0.717, 1.165) is 6.07 Å². The number of hydrogen-bond acceptors (Lipinski definition) is 3. The number of pyridine rings is 1. The number of fused-ring (bicyclic) bond motifs is 1. The van der Waals surface area contributed by atoms with Crippen LogP contribution >= 0.6 is 0 Å². The Morgan fingerprint density at radius 3 is 2.65 bits per heavy atom. The molecule has 0 spiro atoms. The van der Waals surface area contributed by atoms with Crippen LogP contribution in [0.4, 0.5) is 13.2 Å². The average molecular weight is 246 g/mol. The molecule has 2 rings (SSSR count). The Hall–Kier alpha value is -1.30. The largest absolute Gasteiger partial charge is 0.471 e. The maximum absolute atomic E-state index is 12.5. The highest BCUT2D eigenvalue weighted by Gasteiger charge is 2.37. The highest BCUT2D eigenvalue weighted by Crippen LogP contribution is 2.39. The van der Waals surface area contributed by atoms with Crippen molar-refractivity contribution in [3.8, 4) is 5.88 Å². The van der Waals surface area contributed by atoms with E-state index in [4.69, 9.17) is 10.5 Å². The van der Waals surface area contributed by atoms with Gasteiger partial charge in [0.2, 0.25) is 5.88 Å². The van der Waals surface area contributed by atoms with Crippen LogP contribution in [0.25, 0.3) is 0 Å². The third kappa shape index (κ3) is 2.36. The molecule has 1 aliphatic heterocycles. The lowest BCUT2D eigenvalue weighted by Crippen LogP contribution is -2.38. The van der Waals surface area contributed by atoms with Gasteiger partial charge in [-0.1, -0.05) is 0 Å². The van der Waals surface area contributed by atoms with Gasteiger partial charge in [0.15, 0.2) is 0 Å². The van der Waals surface area contributed by atoms with Crippen LogP contribution in [0.2, 0.25) is 0 Å². The average Bonchev–Trinajstić information content (AvgIpc) is 2.13. The van der Waals surface area contributed by atoms with Gasteiger partial charge in [-0.2, -0.15) is 13.2 Å². The van der Waals surface area contributed by atoms with E-state index >= 15 is 0 Å². The smallest absolute Gasteiger partial charge is 0.433 e. The molecule has 0 amide bonds. The number of halogens is 3. The van der Waals surface area contributed by atoms with Crippen LogP contribution in [0.15, 0.2) is 12.1 Å². The summed E-state index contributed by atoms with van der Waals surface area (Å²) in [7, 11) is 0. The van der Waals surface area contributed by atoms with Crippen LogP contribution in [0.5, 0.6) is 5.88 Å². The van der Waals surface area contributed by atoms with E-state index in [1.54, 1.807) is 13.8 Å². The van der Waals surface area contributed by atoms with Gasteiger partial charge in [0.25, 0.3) is 0 Å². The molecule has 0 saturated carbocycles. The number of nitrogens with two attached hydrogens (primary N) is 1. The first-order valence-corrected chi connectivity index (χ1v) is 5.22. The maximum atomic E-state index is 12.5. The van der Waals surface area contributed by atoms with Gasteiger partial charge in [-0.3, -0.25) is 0 Å². The Labute approximate surface area is 96.8 Å². The van der Waals surface area contributed by atoms with Crippen LogP contribution in [0, 0.1) is 0 Å². The molecule has 0 aromatic carbocycles. The van der Waals surface area contributed by atoms with Crippen molar-refractivity contribution in [2.45, 2.75) is 38.1 Å². The van der Waals surface area contributed by atoms with Crippen molar-refractivity contribution >= 4 is 0 Å². The van der Waals surface area contributed by atoms with E-state index < -0.39 is 17.5 Å². The van der Waals surface area contributed by atoms with Crippen molar-refractivity contribution in [1.82, 2.24) is 4.98 Å². The lowest BCUT2D eigenvalue weighted by Gasteiger charge is -2.35. The van der Waals surface area contributed by atoms with Gasteiger partial charge >= 0.3 is 6.18 Å². The van der Waals surface area contributed by atoms with Crippen LogP contribution in [-0.2, 0) is 6.18 Å². The van der Waals surface area contributed by atoms with Crippen LogP contribution in [-0.4, -0.2) is 10.6 Å². The lowest BCUT2D eigenvalue weighted by atomic mass is 9.92. The quantitative estimate of drug-likeness (QED) is 0.765. The molecule has 0 aliphatic carbocycles. The topological polar surface area (TPSA) is 48.1 Å². The molecule has 0 saturated heterocycles. The maximum Gasteiger partial charge on any atom is 0.433 e. The Morgan fingerprint density at radius 1 is 1.41 bits per heavy atom. The van der Waals surface area contributed by atoms with Crippen LogP contribution in [0.1, 0.15) is 37.6 Å². The molecule has 0 unspecified atom stereocenters. The van der Waals surface area contributed by atoms with E-state index in [1.807, 2.05) is 0 Å². The summed E-state index contributed by atoms with van der Waals surface area (Å²) in [5, 5.41) is 0. The summed E-state index contributed by atoms with van der Waals surface area (Å²) >= 11 is 0. The Balaban J connectivity index is 2.45. The fraction of sp³-hybridized carbons (Fsp3) is 0.545. The molecule has 2 N–H and O–H groups in total. The Kier molecular flexibility index (Phi) is 2.57. The fourth-order valence-corrected chi connectivity index (χ4v) is 1.92. The molecular weight excluding hydrogens is 233 g/mol.